The number of carbonyl (C=O) groups is 1. The molecule has 2 fully saturated rings. The van der Waals surface area contributed by atoms with E-state index >= 15 is 0 Å². The Balaban J connectivity index is 0.000000148. The van der Waals surface area contributed by atoms with Gasteiger partial charge in [-0.2, -0.15) is 15.3 Å². The zero-order chi connectivity index (χ0) is 34.7. The van der Waals surface area contributed by atoms with Crippen LogP contribution < -0.4 is 5.32 Å². The molecule has 7 aromatic rings. The third kappa shape index (κ3) is 7.14. The van der Waals surface area contributed by atoms with E-state index in [4.69, 9.17) is 5.11 Å². The van der Waals surface area contributed by atoms with Gasteiger partial charge in [-0.1, -0.05) is 36.8 Å². The molecule has 0 radical (unpaired) electrons. The van der Waals surface area contributed by atoms with Gasteiger partial charge >= 0.3 is 5.97 Å². The standard InChI is InChI=1S/C21H22N6.C18H16FN3O2/c1-2-9-27(10-3-1)13-15-5-4-6-16(11-15)20-18-12-17(21-22-14-23-26-21)7-8-19(18)24-25-20;19-16-11(9-20-12-5-6-12)2-1-3-13(16)17-14-8-10(18(23)24)4-7-15(14)21-22-17/h4-8,11-12,14H,1-3,9-10,13H2,(H,24,25)(H,22,23,26);1-4,7-8,12,20H,5-6,9H2,(H,21,22)(H,23,24). The topological polar surface area (TPSA) is 151 Å². The summed E-state index contributed by atoms with van der Waals surface area (Å²) >= 11 is 0. The smallest absolute Gasteiger partial charge is 0.335 e. The van der Waals surface area contributed by atoms with Crippen LogP contribution in [0.5, 0.6) is 0 Å². The number of fused-ring (bicyclic) bond motifs is 2. The number of aromatic nitrogens is 7. The lowest BCUT2D eigenvalue weighted by molar-refractivity contribution is 0.0697. The van der Waals surface area contributed by atoms with Gasteiger partial charge in [-0.05, 0) is 92.9 Å². The quantitative estimate of drug-likeness (QED) is 0.106. The van der Waals surface area contributed by atoms with Crippen molar-refractivity contribution in [3.8, 4) is 33.9 Å². The number of carboxylic acid groups (broad SMARTS) is 1. The lowest BCUT2D eigenvalue weighted by Gasteiger charge is -2.26. The van der Waals surface area contributed by atoms with Crippen molar-refractivity contribution in [3.63, 3.8) is 0 Å². The molecule has 1 saturated carbocycles. The molecule has 12 heteroatoms. The van der Waals surface area contributed by atoms with Gasteiger partial charge in [0.15, 0.2) is 5.82 Å². The van der Waals surface area contributed by atoms with E-state index in [1.54, 1.807) is 24.3 Å². The molecule has 0 spiro atoms. The largest absolute Gasteiger partial charge is 0.478 e. The molecule has 0 bridgehead atoms. The summed E-state index contributed by atoms with van der Waals surface area (Å²) < 4.78 is 14.9. The molecule has 9 rings (SSSR count). The zero-order valence-electron chi connectivity index (χ0n) is 28.0. The minimum absolute atomic E-state index is 0.150. The zero-order valence-corrected chi connectivity index (χ0v) is 28.0. The Hall–Kier alpha value is -5.72. The molecule has 0 atom stereocenters. The molecule has 5 N–H and O–H groups in total. The van der Waals surface area contributed by atoms with E-state index in [1.165, 1.54) is 56.4 Å². The van der Waals surface area contributed by atoms with E-state index < -0.39 is 5.97 Å². The average molecular weight is 684 g/mol. The van der Waals surface area contributed by atoms with Crippen LogP contribution in [0.25, 0.3) is 55.7 Å². The first kappa shape index (κ1) is 32.5. The Labute approximate surface area is 293 Å². The summed E-state index contributed by atoms with van der Waals surface area (Å²) in [5, 5.41) is 35.8. The first-order valence-electron chi connectivity index (χ1n) is 17.4. The van der Waals surface area contributed by atoms with Crippen molar-refractivity contribution in [1.82, 2.24) is 45.8 Å². The lowest BCUT2D eigenvalue weighted by Crippen LogP contribution is -2.29. The van der Waals surface area contributed by atoms with Crippen LogP contribution in [0.1, 0.15) is 53.6 Å². The highest BCUT2D eigenvalue weighted by molar-refractivity contribution is 5.99. The van der Waals surface area contributed by atoms with Crippen LogP contribution in [-0.4, -0.2) is 70.7 Å². The molecule has 11 nitrogen and oxygen atoms in total. The number of halogens is 1. The Kier molecular flexibility index (Phi) is 9.08. The van der Waals surface area contributed by atoms with E-state index in [2.05, 4.69) is 76.1 Å². The van der Waals surface area contributed by atoms with Gasteiger partial charge in [0.2, 0.25) is 0 Å². The van der Waals surface area contributed by atoms with Gasteiger partial charge in [-0.15, -0.1) is 0 Å². The molecule has 1 saturated heterocycles. The molecular weight excluding hydrogens is 645 g/mol. The molecule has 1 aliphatic carbocycles. The number of aromatic amines is 3. The van der Waals surface area contributed by atoms with Crippen molar-refractivity contribution in [2.45, 2.75) is 51.2 Å². The number of benzene rings is 4. The third-order valence-corrected chi connectivity index (χ3v) is 9.61. The fraction of sp³-hybridized carbons (Fsp3) is 0.256. The summed E-state index contributed by atoms with van der Waals surface area (Å²) in [6.45, 7) is 3.90. The average Bonchev–Trinajstić information content (AvgIpc) is 3.49. The van der Waals surface area contributed by atoms with Crippen LogP contribution in [-0.2, 0) is 13.1 Å². The van der Waals surface area contributed by atoms with Crippen LogP contribution in [0.2, 0.25) is 0 Å². The molecule has 4 heterocycles. The van der Waals surface area contributed by atoms with Crippen molar-refractivity contribution in [3.05, 3.63) is 108 Å². The number of rotatable bonds is 9. The number of nitrogens with one attached hydrogen (secondary N) is 4. The van der Waals surface area contributed by atoms with E-state index in [-0.39, 0.29) is 11.4 Å². The van der Waals surface area contributed by atoms with Crippen molar-refractivity contribution in [1.29, 1.82) is 0 Å². The van der Waals surface area contributed by atoms with E-state index in [0.717, 1.165) is 52.9 Å². The minimum atomic E-state index is -1.02. The molecule has 1 aliphatic heterocycles. The van der Waals surface area contributed by atoms with Gasteiger partial charge in [0.05, 0.1) is 22.3 Å². The summed E-state index contributed by atoms with van der Waals surface area (Å²) in [6.07, 6.45) is 7.80. The van der Waals surface area contributed by atoms with Gasteiger partial charge < -0.3 is 10.4 Å². The van der Waals surface area contributed by atoms with Gasteiger partial charge in [-0.3, -0.25) is 20.2 Å². The SMILES string of the molecule is O=C(O)c1ccc2[nH]nc(-c3cccc(CNC4CC4)c3F)c2c1.c1cc(CN2CCCCC2)cc(-c2n[nH]c3ccc(-c4ncn[nH]4)cc23)c1. The van der Waals surface area contributed by atoms with Crippen LogP contribution in [0.3, 0.4) is 0 Å². The summed E-state index contributed by atoms with van der Waals surface area (Å²) in [7, 11) is 0. The highest BCUT2D eigenvalue weighted by atomic mass is 19.1. The van der Waals surface area contributed by atoms with Gasteiger partial charge in [0, 0.05) is 52.2 Å². The molecule has 0 amide bonds. The Bertz CT molecular complexity index is 2300. The second-order valence-corrected chi connectivity index (χ2v) is 13.3. The third-order valence-electron chi connectivity index (χ3n) is 9.61. The maximum atomic E-state index is 14.9. The second kappa shape index (κ2) is 14.3. The molecular formula is C39H38FN9O2. The summed E-state index contributed by atoms with van der Waals surface area (Å²) in [4.78, 5) is 18.0. The predicted octanol–water partition coefficient (Wildman–Crippen LogP) is 7.32. The summed E-state index contributed by atoms with van der Waals surface area (Å²) in [5.74, 6) is -0.574. The normalized spacial score (nSPS) is 14.8. The molecule has 0 unspecified atom stereocenters. The van der Waals surface area contributed by atoms with Crippen LogP contribution >= 0.6 is 0 Å². The molecule has 51 heavy (non-hydrogen) atoms. The molecule has 3 aromatic heterocycles. The fourth-order valence-electron chi connectivity index (χ4n) is 6.71. The van der Waals surface area contributed by atoms with Crippen molar-refractivity contribution >= 4 is 27.8 Å². The Morgan fingerprint density at radius 3 is 2.37 bits per heavy atom. The van der Waals surface area contributed by atoms with E-state index in [0.29, 0.717) is 40.3 Å². The number of H-pyrrole nitrogens is 3. The van der Waals surface area contributed by atoms with Crippen LogP contribution in [0.15, 0.2) is 85.2 Å². The maximum Gasteiger partial charge on any atom is 0.335 e. The maximum absolute atomic E-state index is 14.9. The Morgan fingerprint density at radius 2 is 1.61 bits per heavy atom. The lowest BCUT2D eigenvalue weighted by atomic mass is 10.0. The fourth-order valence-corrected chi connectivity index (χ4v) is 6.71. The number of carboxylic acids is 1. The first-order valence-corrected chi connectivity index (χ1v) is 17.4. The molecule has 258 valence electrons. The number of nitrogens with zero attached hydrogens (tertiary/aromatic N) is 5. The van der Waals surface area contributed by atoms with Crippen LogP contribution in [0.4, 0.5) is 4.39 Å². The van der Waals surface area contributed by atoms with Gasteiger partial charge in [0.25, 0.3) is 0 Å². The number of piperidine rings is 1. The minimum Gasteiger partial charge on any atom is -0.478 e. The number of hydrogen-bond acceptors (Lipinski definition) is 7. The molecule has 4 aromatic carbocycles. The van der Waals surface area contributed by atoms with Crippen molar-refractivity contribution in [2.75, 3.05) is 13.1 Å². The van der Waals surface area contributed by atoms with Crippen LogP contribution in [0, 0.1) is 5.82 Å². The van der Waals surface area contributed by atoms with Gasteiger partial charge in [0.1, 0.15) is 17.8 Å². The highest BCUT2D eigenvalue weighted by Crippen LogP contribution is 2.32. The Morgan fingerprint density at radius 1 is 0.843 bits per heavy atom. The van der Waals surface area contributed by atoms with Crippen molar-refractivity contribution < 1.29 is 14.3 Å². The molecule has 2 aliphatic rings. The number of likely N-dealkylation sites (tertiary alicyclic amines) is 1. The monoisotopic (exact) mass is 683 g/mol. The van der Waals surface area contributed by atoms with Crippen molar-refractivity contribution in [2.24, 2.45) is 0 Å². The van der Waals surface area contributed by atoms with Gasteiger partial charge in [-0.25, -0.2) is 14.2 Å². The first-order chi connectivity index (χ1) is 25.0. The number of aromatic carboxylic acids is 1. The summed E-state index contributed by atoms with van der Waals surface area (Å²) in [5.41, 5.74) is 7.71. The highest BCUT2D eigenvalue weighted by Gasteiger charge is 2.22. The summed E-state index contributed by atoms with van der Waals surface area (Å²) in [6, 6.07) is 25.3. The van der Waals surface area contributed by atoms with E-state index in [9.17, 15) is 9.18 Å². The predicted molar refractivity (Wildman–Crippen MR) is 194 cm³/mol. The number of hydrogen-bond donors (Lipinski definition) is 5. The van der Waals surface area contributed by atoms with E-state index in [1.807, 2.05) is 12.1 Å². The second-order valence-electron chi connectivity index (χ2n) is 13.3.